The van der Waals surface area contributed by atoms with Gasteiger partial charge in [0.2, 0.25) is 0 Å². The van der Waals surface area contributed by atoms with Crippen molar-refractivity contribution >= 4 is 11.6 Å². The van der Waals surface area contributed by atoms with Crippen LogP contribution in [-0.4, -0.2) is 31.6 Å². The quantitative estimate of drug-likeness (QED) is 0.814. The molecule has 0 fully saturated rings. The average Bonchev–Trinajstić information content (AvgIpc) is 3.26. The lowest BCUT2D eigenvalue weighted by atomic mass is 10.1. The Hall–Kier alpha value is -2.53. The lowest BCUT2D eigenvalue weighted by Crippen LogP contribution is -2.32. The van der Waals surface area contributed by atoms with Gasteiger partial charge in [0, 0.05) is 36.9 Å². The van der Waals surface area contributed by atoms with Gasteiger partial charge in [0.15, 0.2) is 5.76 Å². The zero-order valence-corrected chi connectivity index (χ0v) is 15.1. The summed E-state index contributed by atoms with van der Waals surface area (Å²) in [6, 6.07) is 10.8. The number of para-hydroxylation sites is 1. The van der Waals surface area contributed by atoms with Crippen LogP contribution in [0.1, 0.15) is 35.0 Å². The molecule has 1 aromatic heterocycles. The fraction of sp³-hybridized carbons (Fsp3) is 0.381. The summed E-state index contributed by atoms with van der Waals surface area (Å²) in [5.74, 6) is 0.292. The number of furan rings is 1. The molecule has 1 unspecified atom stereocenters. The van der Waals surface area contributed by atoms with E-state index in [-0.39, 0.29) is 5.91 Å². The van der Waals surface area contributed by atoms with E-state index in [1.807, 2.05) is 6.07 Å². The van der Waals surface area contributed by atoms with Crippen molar-refractivity contribution in [3.63, 3.8) is 0 Å². The maximum atomic E-state index is 12.6. The number of nitrogens with one attached hydrogen (secondary N) is 2. The van der Waals surface area contributed by atoms with Gasteiger partial charge in [0.1, 0.15) is 0 Å². The van der Waals surface area contributed by atoms with Crippen LogP contribution in [0.15, 0.2) is 52.7 Å². The maximum Gasteiger partial charge on any atom is 0.287 e. The Morgan fingerprint density at radius 2 is 2.23 bits per heavy atom. The Bertz CT molecular complexity index is 824. The second-order valence-corrected chi connectivity index (χ2v) is 7.08. The van der Waals surface area contributed by atoms with Gasteiger partial charge >= 0.3 is 0 Å². The van der Waals surface area contributed by atoms with Crippen molar-refractivity contribution in [1.82, 2.24) is 10.6 Å². The largest absolute Gasteiger partial charge is 0.459 e. The lowest BCUT2D eigenvalue weighted by molar-refractivity contribution is 0.0927. The van der Waals surface area contributed by atoms with E-state index in [4.69, 9.17) is 4.42 Å². The van der Waals surface area contributed by atoms with Gasteiger partial charge in [0.05, 0.1) is 6.26 Å². The molecule has 2 aromatic rings. The molecule has 26 heavy (non-hydrogen) atoms. The molecule has 5 heteroatoms. The van der Waals surface area contributed by atoms with Gasteiger partial charge in [-0.3, -0.25) is 4.79 Å². The molecule has 1 aromatic carbocycles. The Morgan fingerprint density at radius 1 is 1.35 bits per heavy atom. The molecule has 136 valence electrons. The number of rotatable bonds is 5. The van der Waals surface area contributed by atoms with Crippen LogP contribution in [-0.2, 0) is 13.0 Å². The van der Waals surface area contributed by atoms with Crippen LogP contribution in [0.5, 0.6) is 0 Å². The van der Waals surface area contributed by atoms with Crippen molar-refractivity contribution in [2.24, 2.45) is 0 Å². The molecule has 5 nitrogen and oxygen atoms in total. The van der Waals surface area contributed by atoms with E-state index in [0.29, 0.717) is 24.9 Å². The molecule has 0 spiro atoms. The topological polar surface area (TPSA) is 57.5 Å². The molecule has 0 saturated carbocycles. The number of anilines is 1. The van der Waals surface area contributed by atoms with Crippen molar-refractivity contribution in [1.29, 1.82) is 0 Å². The third kappa shape index (κ3) is 3.40. The van der Waals surface area contributed by atoms with Crippen LogP contribution >= 0.6 is 0 Å². The Morgan fingerprint density at radius 3 is 3.08 bits per heavy atom. The monoisotopic (exact) mass is 351 g/mol. The number of hydrogen-bond acceptors (Lipinski definition) is 4. The van der Waals surface area contributed by atoms with E-state index >= 15 is 0 Å². The summed E-state index contributed by atoms with van der Waals surface area (Å²) >= 11 is 0. The molecular formula is C21H25N3O2. The van der Waals surface area contributed by atoms with Crippen LogP contribution in [0, 0.1) is 0 Å². The second-order valence-electron chi connectivity index (χ2n) is 7.08. The number of carbonyl (C=O) groups is 1. The maximum absolute atomic E-state index is 12.6. The molecule has 1 atom stereocenters. The van der Waals surface area contributed by atoms with Crippen LogP contribution in [0.3, 0.4) is 0 Å². The van der Waals surface area contributed by atoms with Crippen LogP contribution in [0.2, 0.25) is 0 Å². The van der Waals surface area contributed by atoms with Crippen LogP contribution in [0.4, 0.5) is 5.69 Å². The minimum atomic E-state index is -0.135. The fourth-order valence-corrected chi connectivity index (χ4v) is 3.82. The van der Waals surface area contributed by atoms with E-state index in [1.54, 1.807) is 6.26 Å². The molecule has 2 aliphatic rings. The van der Waals surface area contributed by atoms with Gasteiger partial charge in [-0.2, -0.15) is 0 Å². The first kappa shape index (κ1) is 16.9. The molecule has 0 bridgehead atoms. The Balaban J connectivity index is 1.45. The normalized spacial score (nSPS) is 19.2. The first-order chi connectivity index (χ1) is 12.7. The van der Waals surface area contributed by atoms with Gasteiger partial charge in [-0.05, 0) is 44.0 Å². The molecule has 0 saturated heterocycles. The highest BCUT2D eigenvalue weighted by Gasteiger charge is 2.27. The number of carbonyl (C=O) groups excluding carboxylic acids is 1. The van der Waals surface area contributed by atoms with E-state index in [0.717, 1.165) is 31.5 Å². The highest BCUT2D eigenvalue weighted by molar-refractivity contribution is 5.93. The second kappa shape index (κ2) is 7.38. The zero-order valence-electron chi connectivity index (χ0n) is 15.1. The predicted octanol–water partition coefficient (Wildman–Crippen LogP) is 2.88. The number of fused-ring (bicyclic) bond motifs is 1. The number of nitrogens with zero attached hydrogens (tertiary/aromatic N) is 1. The van der Waals surface area contributed by atoms with Crippen molar-refractivity contribution < 1.29 is 9.21 Å². The van der Waals surface area contributed by atoms with Crippen molar-refractivity contribution in [3.8, 4) is 0 Å². The lowest BCUT2D eigenvalue weighted by Gasteiger charge is -2.24. The summed E-state index contributed by atoms with van der Waals surface area (Å²) in [6.07, 6.45) is 5.78. The minimum absolute atomic E-state index is 0.135. The van der Waals surface area contributed by atoms with Gasteiger partial charge in [-0.25, -0.2) is 0 Å². The smallest absolute Gasteiger partial charge is 0.287 e. The van der Waals surface area contributed by atoms with Crippen molar-refractivity contribution in [2.75, 3.05) is 24.5 Å². The fourth-order valence-electron chi connectivity index (χ4n) is 3.82. The SMILES string of the molecule is CC1Cc2ccccc2N1Cc1ccoc1C(=O)NCC1=CCNCC1. The molecule has 3 heterocycles. The van der Waals surface area contributed by atoms with Gasteiger partial charge in [-0.1, -0.05) is 29.8 Å². The van der Waals surface area contributed by atoms with Gasteiger partial charge in [0.25, 0.3) is 5.91 Å². The average molecular weight is 351 g/mol. The standard InChI is InChI=1S/C21H25N3O2/c1-15-12-17-4-2-3-5-19(17)24(15)14-18-8-11-26-20(18)21(25)23-13-16-6-9-22-10-7-16/h2-6,8,11,15,22H,7,9-10,12-14H2,1H3,(H,23,25). The van der Waals surface area contributed by atoms with E-state index in [9.17, 15) is 4.79 Å². The molecule has 4 rings (SSSR count). The summed E-state index contributed by atoms with van der Waals surface area (Å²) in [6.45, 7) is 5.35. The van der Waals surface area contributed by atoms with E-state index < -0.39 is 0 Å². The first-order valence-electron chi connectivity index (χ1n) is 9.30. The highest BCUT2D eigenvalue weighted by atomic mass is 16.3. The van der Waals surface area contributed by atoms with Gasteiger partial charge in [-0.15, -0.1) is 0 Å². The molecule has 2 N–H and O–H groups in total. The van der Waals surface area contributed by atoms with Gasteiger partial charge < -0.3 is 20.0 Å². The first-order valence-corrected chi connectivity index (χ1v) is 9.30. The van der Waals surface area contributed by atoms with E-state index in [2.05, 4.69) is 52.8 Å². The summed E-state index contributed by atoms with van der Waals surface area (Å²) in [4.78, 5) is 15.0. The summed E-state index contributed by atoms with van der Waals surface area (Å²) < 4.78 is 5.53. The third-order valence-electron chi connectivity index (χ3n) is 5.28. The van der Waals surface area contributed by atoms with Crippen molar-refractivity contribution in [3.05, 3.63) is 65.1 Å². The number of hydrogen-bond donors (Lipinski definition) is 2. The Labute approximate surface area is 154 Å². The summed E-state index contributed by atoms with van der Waals surface area (Å²) in [5, 5.41) is 6.28. The van der Waals surface area contributed by atoms with Crippen LogP contribution in [0.25, 0.3) is 0 Å². The molecule has 0 aliphatic carbocycles. The molecule has 1 amide bonds. The Kier molecular flexibility index (Phi) is 4.80. The van der Waals surface area contributed by atoms with Crippen LogP contribution < -0.4 is 15.5 Å². The molecular weight excluding hydrogens is 326 g/mol. The van der Waals surface area contributed by atoms with E-state index in [1.165, 1.54) is 16.8 Å². The summed E-state index contributed by atoms with van der Waals surface area (Å²) in [5.41, 5.74) is 4.83. The molecule has 0 radical (unpaired) electrons. The minimum Gasteiger partial charge on any atom is -0.459 e. The third-order valence-corrected chi connectivity index (χ3v) is 5.28. The summed E-state index contributed by atoms with van der Waals surface area (Å²) in [7, 11) is 0. The van der Waals surface area contributed by atoms with Crippen molar-refractivity contribution in [2.45, 2.75) is 32.4 Å². The number of benzene rings is 1. The zero-order chi connectivity index (χ0) is 17.9. The predicted molar refractivity (Wildman–Crippen MR) is 102 cm³/mol. The number of amides is 1. The molecule has 2 aliphatic heterocycles. The highest BCUT2D eigenvalue weighted by Crippen LogP contribution is 2.33.